The highest BCUT2D eigenvalue weighted by atomic mass is 35.5. The van der Waals surface area contributed by atoms with Gasteiger partial charge in [0.05, 0.1) is 6.54 Å². The van der Waals surface area contributed by atoms with Gasteiger partial charge in [-0.2, -0.15) is 0 Å². The van der Waals surface area contributed by atoms with Crippen molar-refractivity contribution in [3.8, 4) is 11.4 Å². The number of aryl methyl sites for hydroxylation is 1. The van der Waals surface area contributed by atoms with Gasteiger partial charge >= 0.3 is 0 Å². The van der Waals surface area contributed by atoms with Crippen LogP contribution < -0.4 is 0 Å². The summed E-state index contributed by atoms with van der Waals surface area (Å²) >= 11 is 12.4. The molecule has 0 saturated heterocycles. The average Bonchev–Trinajstić information content (AvgIpc) is 3.36. The van der Waals surface area contributed by atoms with Gasteiger partial charge in [-0.1, -0.05) is 77.3 Å². The van der Waals surface area contributed by atoms with Crippen molar-refractivity contribution in [3.63, 3.8) is 0 Å². The number of aromatic nitrogens is 5. The first kappa shape index (κ1) is 19.8. The molecule has 0 atom stereocenters. The minimum atomic E-state index is 0.454. The molecule has 0 radical (unpaired) electrons. The van der Waals surface area contributed by atoms with E-state index in [4.69, 9.17) is 23.2 Å². The predicted octanol–water partition coefficient (Wildman–Crippen LogP) is 6.01. The van der Waals surface area contributed by atoms with Crippen LogP contribution >= 0.6 is 23.2 Å². The van der Waals surface area contributed by atoms with Crippen LogP contribution in [0.5, 0.6) is 0 Å². The van der Waals surface area contributed by atoms with E-state index in [2.05, 4.69) is 69.6 Å². The minimum absolute atomic E-state index is 0.454. The van der Waals surface area contributed by atoms with Gasteiger partial charge in [-0.05, 0) is 46.7 Å². The molecule has 0 unspecified atom stereocenters. The fourth-order valence-electron chi connectivity index (χ4n) is 3.76. The summed E-state index contributed by atoms with van der Waals surface area (Å²) < 4.78 is 4.01. The van der Waals surface area contributed by atoms with Crippen LogP contribution in [0.25, 0.3) is 22.3 Å². The van der Waals surface area contributed by atoms with E-state index in [1.54, 1.807) is 10.7 Å². The topological polar surface area (TPSA) is 48.5 Å². The Morgan fingerprint density at radius 1 is 0.903 bits per heavy atom. The van der Waals surface area contributed by atoms with Crippen LogP contribution in [0, 0.1) is 6.92 Å². The molecule has 31 heavy (non-hydrogen) atoms. The maximum absolute atomic E-state index is 6.37. The van der Waals surface area contributed by atoms with Crippen LogP contribution in [0.3, 0.4) is 0 Å². The van der Waals surface area contributed by atoms with Crippen molar-refractivity contribution in [2.24, 2.45) is 0 Å². The molecule has 5 nitrogen and oxygen atoms in total. The Morgan fingerprint density at radius 3 is 2.52 bits per heavy atom. The van der Waals surface area contributed by atoms with Gasteiger partial charge in [0.2, 0.25) is 0 Å². The molecule has 0 N–H and O–H groups in total. The minimum Gasteiger partial charge on any atom is -0.342 e. The molecular formula is C24H19Cl2N5. The number of hydrogen-bond donors (Lipinski definition) is 0. The number of benzene rings is 3. The van der Waals surface area contributed by atoms with Crippen molar-refractivity contribution in [2.45, 2.75) is 20.0 Å². The van der Waals surface area contributed by atoms with Gasteiger partial charge in [0, 0.05) is 39.3 Å². The fraction of sp³-hybridized carbons (Fsp3) is 0.125. The highest BCUT2D eigenvalue weighted by Gasteiger charge is 2.17. The molecule has 0 saturated carbocycles. The largest absolute Gasteiger partial charge is 0.342 e. The van der Waals surface area contributed by atoms with E-state index in [-0.39, 0.29) is 0 Å². The van der Waals surface area contributed by atoms with Crippen molar-refractivity contribution in [2.75, 3.05) is 0 Å². The second-order valence-electron chi connectivity index (χ2n) is 7.57. The lowest BCUT2D eigenvalue weighted by Gasteiger charge is -2.07. The van der Waals surface area contributed by atoms with E-state index >= 15 is 0 Å². The number of halogens is 2. The third kappa shape index (κ3) is 3.94. The zero-order chi connectivity index (χ0) is 21.4. The molecular weight excluding hydrogens is 429 g/mol. The molecule has 2 aromatic heterocycles. The Labute approximate surface area is 189 Å². The van der Waals surface area contributed by atoms with Crippen LogP contribution in [-0.4, -0.2) is 24.8 Å². The smallest absolute Gasteiger partial charge is 0.184 e. The molecule has 2 heterocycles. The molecule has 7 heteroatoms. The highest BCUT2D eigenvalue weighted by Crippen LogP contribution is 2.30. The van der Waals surface area contributed by atoms with Crippen LogP contribution in [0.4, 0.5) is 0 Å². The monoisotopic (exact) mass is 447 g/mol. The number of rotatable bonds is 5. The van der Waals surface area contributed by atoms with Gasteiger partial charge in [0.1, 0.15) is 0 Å². The molecule has 3 aromatic carbocycles. The Kier molecular flexibility index (Phi) is 5.22. The second-order valence-corrected chi connectivity index (χ2v) is 8.41. The van der Waals surface area contributed by atoms with E-state index in [0.29, 0.717) is 22.4 Å². The second kappa shape index (κ2) is 8.17. The van der Waals surface area contributed by atoms with E-state index in [9.17, 15) is 0 Å². The van der Waals surface area contributed by atoms with Crippen molar-refractivity contribution in [3.05, 3.63) is 99.7 Å². The summed E-state index contributed by atoms with van der Waals surface area (Å²) in [4.78, 5) is 0. The average molecular weight is 448 g/mol. The summed E-state index contributed by atoms with van der Waals surface area (Å²) in [6.45, 7) is 3.32. The number of nitrogens with zero attached hydrogens (tertiary/aromatic N) is 5. The summed E-state index contributed by atoms with van der Waals surface area (Å²) in [5.41, 5.74) is 5.52. The van der Waals surface area contributed by atoms with Gasteiger partial charge in [0.25, 0.3) is 0 Å². The summed E-state index contributed by atoms with van der Waals surface area (Å²) in [6.07, 6.45) is 2.12. The van der Waals surface area contributed by atoms with E-state index in [1.807, 2.05) is 24.3 Å². The predicted molar refractivity (Wildman–Crippen MR) is 125 cm³/mol. The fourth-order valence-corrected chi connectivity index (χ4v) is 4.23. The van der Waals surface area contributed by atoms with E-state index in [1.165, 1.54) is 11.1 Å². The standard InChI is InChI=1S/C24H19Cl2N5/c1-16-6-8-17(9-7-16)13-30-15-21(20-4-2-3-5-23(20)30)24-27-28-29-31(24)14-18-10-11-19(25)12-22(18)26/h2-12,15H,13-14H2,1H3. The van der Waals surface area contributed by atoms with Crippen LogP contribution in [0.2, 0.25) is 10.0 Å². The summed E-state index contributed by atoms with van der Waals surface area (Å²) in [5.74, 6) is 0.699. The third-order valence-electron chi connectivity index (χ3n) is 5.37. The first-order chi connectivity index (χ1) is 15.1. The normalized spacial score (nSPS) is 11.3. The van der Waals surface area contributed by atoms with Crippen LogP contribution in [-0.2, 0) is 13.1 Å². The summed E-state index contributed by atoms with van der Waals surface area (Å²) in [5, 5.41) is 14.8. The van der Waals surface area contributed by atoms with Crippen molar-refractivity contribution >= 4 is 34.1 Å². The van der Waals surface area contributed by atoms with E-state index in [0.717, 1.165) is 28.6 Å². The summed E-state index contributed by atoms with van der Waals surface area (Å²) in [6, 6.07) is 22.4. The number of para-hydroxylation sites is 1. The lowest BCUT2D eigenvalue weighted by Crippen LogP contribution is -2.05. The molecule has 0 aliphatic carbocycles. The molecule has 5 aromatic rings. The molecule has 154 valence electrons. The SMILES string of the molecule is Cc1ccc(Cn2cc(-c3nnnn3Cc3ccc(Cl)cc3Cl)c3ccccc32)cc1. The number of tetrazole rings is 1. The van der Waals surface area contributed by atoms with Gasteiger partial charge in [0.15, 0.2) is 5.82 Å². The highest BCUT2D eigenvalue weighted by molar-refractivity contribution is 6.35. The first-order valence-corrected chi connectivity index (χ1v) is 10.7. The van der Waals surface area contributed by atoms with Crippen molar-refractivity contribution < 1.29 is 0 Å². The van der Waals surface area contributed by atoms with E-state index < -0.39 is 0 Å². The quantitative estimate of drug-likeness (QED) is 0.331. The van der Waals surface area contributed by atoms with Gasteiger partial charge in [-0.3, -0.25) is 0 Å². The zero-order valence-electron chi connectivity index (χ0n) is 16.8. The Morgan fingerprint density at radius 2 is 1.71 bits per heavy atom. The maximum Gasteiger partial charge on any atom is 0.184 e. The van der Waals surface area contributed by atoms with Gasteiger partial charge in [-0.25, -0.2) is 4.68 Å². The Balaban J connectivity index is 1.55. The molecule has 0 aliphatic rings. The van der Waals surface area contributed by atoms with Crippen molar-refractivity contribution in [1.82, 2.24) is 24.8 Å². The molecule has 0 bridgehead atoms. The van der Waals surface area contributed by atoms with Crippen LogP contribution in [0.15, 0.2) is 72.9 Å². The number of hydrogen-bond acceptors (Lipinski definition) is 3. The van der Waals surface area contributed by atoms with Gasteiger partial charge < -0.3 is 4.57 Å². The van der Waals surface area contributed by atoms with Crippen molar-refractivity contribution in [1.29, 1.82) is 0 Å². The Hall–Kier alpha value is -3.15. The Bertz CT molecular complexity index is 1370. The lowest BCUT2D eigenvalue weighted by molar-refractivity contribution is 0.653. The maximum atomic E-state index is 6.37. The zero-order valence-corrected chi connectivity index (χ0v) is 18.3. The molecule has 5 rings (SSSR count). The van der Waals surface area contributed by atoms with Gasteiger partial charge in [-0.15, -0.1) is 5.10 Å². The summed E-state index contributed by atoms with van der Waals surface area (Å²) in [7, 11) is 0. The van der Waals surface area contributed by atoms with Crippen LogP contribution in [0.1, 0.15) is 16.7 Å². The number of fused-ring (bicyclic) bond motifs is 1. The molecule has 0 fully saturated rings. The molecule has 0 spiro atoms. The lowest BCUT2D eigenvalue weighted by atomic mass is 10.1. The molecule has 0 amide bonds. The first-order valence-electron chi connectivity index (χ1n) is 9.92. The third-order valence-corrected chi connectivity index (χ3v) is 5.96. The molecule has 0 aliphatic heterocycles.